The van der Waals surface area contributed by atoms with Crippen LogP contribution in [-0.2, 0) is 0 Å². The number of aryl methyl sites for hydroxylation is 3. The number of nitrogens with one attached hydrogen (secondary N) is 3. The number of hydrogen-bond donors (Lipinski definition) is 3. The highest BCUT2D eigenvalue weighted by atomic mass is 35.5. The zero-order valence-corrected chi connectivity index (χ0v) is 18.6. The van der Waals surface area contributed by atoms with Crippen molar-refractivity contribution >= 4 is 34.9 Å². The minimum Gasteiger partial charge on any atom is -0.324 e. The number of aromatic nitrogens is 4. The predicted octanol–water partition coefficient (Wildman–Crippen LogP) is 5.07. The molecule has 0 aliphatic carbocycles. The summed E-state index contributed by atoms with van der Waals surface area (Å²) in [5.74, 6) is 2.30. The molecule has 0 amide bonds. The van der Waals surface area contributed by atoms with E-state index in [4.69, 9.17) is 11.6 Å². The third-order valence-corrected chi connectivity index (χ3v) is 5.99. The molecular weight excluding hydrogens is 398 g/mol. The second-order valence-electron chi connectivity index (χ2n) is 8.18. The molecular formula is C22H28ClN7. The summed E-state index contributed by atoms with van der Waals surface area (Å²) in [6, 6.07) is 6.40. The van der Waals surface area contributed by atoms with Gasteiger partial charge in [-0.15, -0.1) is 0 Å². The van der Waals surface area contributed by atoms with Crippen LogP contribution in [0.15, 0.2) is 24.4 Å². The predicted molar refractivity (Wildman–Crippen MR) is 122 cm³/mol. The van der Waals surface area contributed by atoms with Crippen molar-refractivity contribution in [2.75, 3.05) is 30.8 Å². The number of anilines is 4. The molecule has 0 bridgehead atoms. The first-order valence-electron chi connectivity index (χ1n) is 10.3. The summed E-state index contributed by atoms with van der Waals surface area (Å²) in [5.41, 5.74) is 5.91. The Morgan fingerprint density at radius 2 is 1.83 bits per heavy atom. The van der Waals surface area contributed by atoms with E-state index in [2.05, 4.69) is 68.7 Å². The molecule has 1 aliphatic rings. The number of halogens is 1. The Kier molecular flexibility index (Phi) is 5.92. The molecule has 0 unspecified atom stereocenters. The third kappa shape index (κ3) is 4.57. The van der Waals surface area contributed by atoms with Gasteiger partial charge < -0.3 is 15.5 Å². The maximum Gasteiger partial charge on any atom is 0.229 e. The summed E-state index contributed by atoms with van der Waals surface area (Å²) in [7, 11) is 2.20. The average Bonchev–Trinajstić information content (AvgIpc) is 3.12. The first kappa shape index (κ1) is 20.6. The number of aromatic amines is 1. The molecule has 1 saturated heterocycles. The van der Waals surface area contributed by atoms with Crippen molar-refractivity contribution in [1.82, 2.24) is 25.1 Å². The summed E-state index contributed by atoms with van der Waals surface area (Å²) in [6.45, 7) is 8.57. The molecule has 3 aromatic rings. The van der Waals surface area contributed by atoms with Gasteiger partial charge in [0.15, 0.2) is 11.6 Å². The van der Waals surface area contributed by atoms with E-state index in [1.54, 1.807) is 6.20 Å². The van der Waals surface area contributed by atoms with Crippen LogP contribution < -0.4 is 10.6 Å². The lowest BCUT2D eigenvalue weighted by atomic mass is 9.86. The normalized spacial score (nSPS) is 15.4. The third-order valence-electron chi connectivity index (χ3n) is 5.71. The molecule has 1 fully saturated rings. The van der Waals surface area contributed by atoms with Crippen LogP contribution in [0.4, 0.5) is 23.3 Å². The van der Waals surface area contributed by atoms with E-state index in [9.17, 15) is 0 Å². The molecule has 0 radical (unpaired) electrons. The highest BCUT2D eigenvalue weighted by molar-refractivity contribution is 6.32. The van der Waals surface area contributed by atoms with Gasteiger partial charge in [0.1, 0.15) is 5.02 Å². The summed E-state index contributed by atoms with van der Waals surface area (Å²) in [6.07, 6.45) is 4.02. The Morgan fingerprint density at radius 1 is 1.07 bits per heavy atom. The topological polar surface area (TPSA) is 81.8 Å². The van der Waals surface area contributed by atoms with Crippen molar-refractivity contribution in [2.45, 2.75) is 39.5 Å². The number of benzene rings is 1. The van der Waals surface area contributed by atoms with Crippen LogP contribution in [0.3, 0.4) is 0 Å². The van der Waals surface area contributed by atoms with Gasteiger partial charge in [0.2, 0.25) is 5.95 Å². The summed E-state index contributed by atoms with van der Waals surface area (Å²) in [4.78, 5) is 11.3. The number of hydrogen-bond acceptors (Lipinski definition) is 6. The fraction of sp³-hybridized carbons (Fsp3) is 0.409. The monoisotopic (exact) mass is 425 g/mol. The lowest BCUT2D eigenvalue weighted by Crippen LogP contribution is -2.29. The van der Waals surface area contributed by atoms with E-state index in [0.717, 1.165) is 24.5 Å². The number of piperidine rings is 1. The largest absolute Gasteiger partial charge is 0.324 e. The van der Waals surface area contributed by atoms with Crippen LogP contribution in [-0.4, -0.2) is 45.2 Å². The lowest BCUT2D eigenvalue weighted by Gasteiger charge is -2.30. The van der Waals surface area contributed by atoms with Crippen molar-refractivity contribution < 1.29 is 0 Å². The Bertz CT molecular complexity index is 1040. The minimum absolute atomic E-state index is 0.437. The maximum absolute atomic E-state index is 6.27. The highest BCUT2D eigenvalue weighted by Crippen LogP contribution is 2.33. The van der Waals surface area contributed by atoms with E-state index in [-0.39, 0.29) is 0 Å². The Balaban J connectivity index is 1.54. The molecule has 3 heterocycles. The van der Waals surface area contributed by atoms with E-state index >= 15 is 0 Å². The number of H-pyrrole nitrogens is 1. The quantitative estimate of drug-likeness (QED) is 0.529. The van der Waals surface area contributed by atoms with E-state index in [0.29, 0.717) is 28.5 Å². The van der Waals surface area contributed by atoms with Crippen LogP contribution in [0.25, 0.3) is 0 Å². The molecule has 0 spiro atoms. The first-order valence-corrected chi connectivity index (χ1v) is 10.6. The van der Waals surface area contributed by atoms with Crippen molar-refractivity contribution in [3.8, 4) is 0 Å². The van der Waals surface area contributed by atoms with Crippen molar-refractivity contribution in [3.05, 3.63) is 51.8 Å². The zero-order valence-electron chi connectivity index (χ0n) is 17.9. The Labute approximate surface area is 182 Å². The zero-order chi connectivity index (χ0) is 21.3. The Morgan fingerprint density at radius 3 is 2.53 bits per heavy atom. The molecule has 3 N–H and O–H groups in total. The van der Waals surface area contributed by atoms with Gasteiger partial charge in [0.05, 0.1) is 6.20 Å². The molecule has 1 aliphatic heterocycles. The molecule has 7 nitrogen and oxygen atoms in total. The smallest absolute Gasteiger partial charge is 0.229 e. The van der Waals surface area contributed by atoms with Gasteiger partial charge >= 0.3 is 0 Å². The standard InChI is InChI=1S/C22H28ClN7/c1-13-10-19(14(2)9-17(13)16-5-7-30(4)8-6-16)25-22-24-12-18(23)21(27-22)26-20-11-15(3)28-29-20/h9-12,16H,5-8H2,1-4H3,(H3,24,25,26,27,28,29). The highest BCUT2D eigenvalue weighted by Gasteiger charge is 2.21. The first-order chi connectivity index (χ1) is 14.4. The van der Waals surface area contributed by atoms with Crippen LogP contribution in [0, 0.1) is 20.8 Å². The average molecular weight is 426 g/mol. The van der Waals surface area contributed by atoms with E-state index in [1.807, 2.05) is 13.0 Å². The molecule has 30 heavy (non-hydrogen) atoms. The van der Waals surface area contributed by atoms with E-state index in [1.165, 1.54) is 29.5 Å². The van der Waals surface area contributed by atoms with Gasteiger partial charge in [0, 0.05) is 17.4 Å². The molecule has 0 saturated carbocycles. The number of likely N-dealkylation sites (tertiary alicyclic amines) is 1. The maximum atomic E-state index is 6.27. The van der Waals surface area contributed by atoms with Gasteiger partial charge in [0.25, 0.3) is 0 Å². The second-order valence-corrected chi connectivity index (χ2v) is 8.58. The van der Waals surface area contributed by atoms with Gasteiger partial charge in [-0.25, -0.2) is 4.98 Å². The van der Waals surface area contributed by atoms with Crippen LogP contribution in [0.1, 0.15) is 41.1 Å². The van der Waals surface area contributed by atoms with Gasteiger partial charge in [-0.2, -0.15) is 10.1 Å². The van der Waals surface area contributed by atoms with Crippen molar-refractivity contribution in [1.29, 1.82) is 0 Å². The van der Waals surface area contributed by atoms with Gasteiger partial charge in [-0.1, -0.05) is 17.7 Å². The Hall–Kier alpha value is -2.64. The number of nitrogens with zero attached hydrogens (tertiary/aromatic N) is 4. The molecule has 158 valence electrons. The number of rotatable bonds is 5. The van der Waals surface area contributed by atoms with Crippen LogP contribution in [0.2, 0.25) is 5.02 Å². The van der Waals surface area contributed by atoms with Gasteiger partial charge in [-0.3, -0.25) is 5.10 Å². The lowest BCUT2D eigenvalue weighted by molar-refractivity contribution is 0.255. The van der Waals surface area contributed by atoms with Gasteiger partial charge in [-0.05, 0) is 82.4 Å². The fourth-order valence-corrected chi connectivity index (χ4v) is 4.11. The van der Waals surface area contributed by atoms with Crippen LogP contribution >= 0.6 is 11.6 Å². The summed E-state index contributed by atoms with van der Waals surface area (Å²) >= 11 is 6.27. The summed E-state index contributed by atoms with van der Waals surface area (Å²) < 4.78 is 0. The van der Waals surface area contributed by atoms with Crippen molar-refractivity contribution in [3.63, 3.8) is 0 Å². The SMILES string of the molecule is Cc1cc(Nc2nc(Nc3cc(C)c(C4CCN(C)CC4)cc3C)ncc2Cl)n[nH]1. The minimum atomic E-state index is 0.437. The fourth-order valence-electron chi connectivity index (χ4n) is 3.97. The molecule has 0 atom stereocenters. The summed E-state index contributed by atoms with van der Waals surface area (Å²) in [5, 5.41) is 14.0. The molecule has 2 aromatic heterocycles. The van der Waals surface area contributed by atoms with E-state index < -0.39 is 0 Å². The van der Waals surface area contributed by atoms with Crippen molar-refractivity contribution in [2.24, 2.45) is 0 Å². The molecule has 1 aromatic carbocycles. The molecule has 4 rings (SSSR count). The van der Waals surface area contributed by atoms with Crippen LogP contribution in [0.5, 0.6) is 0 Å². The second kappa shape index (κ2) is 8.62. The molecule has 8 heteroatoms.